The lowest BCUT2D eigenvalue weighted by Gasteiger charge is -2.37. The third-order valence-electron chi connectivity index (χ3n) is 6.35. The number of nitrogens with one attached hydrogen (secondary N) is 2. The number of halogens is 1. The van der Waals surface area contributed by atoms with Gasteiger partial charge in [-0.25, -0.2) is 4.79 Å². The molecule has 1 fully saturated rings. The van der Waals surface area contributed by atoms with E-state index in [0.717, 1.165) is 17.5 Å². The Morgan fingerprint density at radius 3 is 2.17 bits per heavy atom. The second-order valence-electron chi connectivity index (χ2n) is 9.52. The molecule has 5 N–H and O–H groups in total. The molecule has 3 rings (SSSR count). The van der Waals surface area contributed by atoms with Crippen LogP contribution in [0.4, 0.5) is 4.79 Å². The number of nitrogens with two attached hydrogens (primary N) is 1. The Kier molecular flexibility index (Phi) is 11.5. The van der Waals surface area contributed by atoms with Crippen LogP contribution in [0.3, 0.4) is 0 Å². The smallest absolute Gasteiger partial charge is 0.318 e. The number of aliphatic hydroxyl groups excluding tert-OH is 1. The van der Waals surface area contributed by atoms with Gasteiger partial charge in [0.05, 0.1) is 6.10 Å². The number of aliphatic hydroxyl groups is 1. The van der Waals surface area contributed by atoms with Crippen LogP contribution >= 0.6 is 12.4 Å². The third kappa shape index (κ3) is 8.53. The summed E-state index contributed by atoms with van der Waals surface area (Å²) in [6.07, 6.45) is 1.47. The Morgan fingerprint density at radius 1 is 1.06 bits per heavy atom. The van der Waals surface area contributed by atoms with E-state index in [1.165, 1.54) is 0 Å². The third-order valence-corrected chi connectivity index (χ3v) is 6.35. The Morgan fingerprint density at radius 2 is 1.63 bits per heavy atom. The summed E-state index contributed by atoms with van der Waals surface area (Å²) in [5.41, 5.74) is 8.47. The number of hydrogen-bond donors (Lipinski definition) is 4. The standard InChI is InChI=1S/C27H38N4O3.ClH/c1-19(2)25(31-15-9-14-29-27(31)34)26(33)30-22(16-20-10-5-3-6-11-20)18-24(32)23(28)17-21-12-7-4-8-13-21;/h3-8,10-13,19,22-25,32H,9,14-18,28H2,1-2H3,(H,29,34)(H,30,33);1H/t22-,23-,24-,25-;/m0./s1. The number of urea groups is 1. The van der Waals surface area contributed by atoms with Gasteiger partial charge in [-0.1, -0.05) is 74.5 Å². The van der Waals surface area contributed by atoms with E-state index in [4.69, 9.17) is 5.73 Å². The summed E-state index contributed by atoms with van der Waals surface area (Å²) in [6.45, 7) is 5.08. The molecule has 192 valence electrons. The molecule has 0 aromatic heterocycles. The van der Waals surface area contributed by atoms with E-state index in [1.807, 2.05) is 74.5 Å². The Bertz CT molecular complexity index is 913. The molecule has 2 aromatic carbocycles. The number of amides is 3. The number of carbonyl (C=O) groups excluding carboxylic acids is 2. The fraction of sp³-hybridized carbons (Fsp3) is 0.481. The first-order chi connectivity index (χ1) is 16.3. The van der Waals surface area contributed by atoms with Crippen molar-refractivity contribution in [2.24, 2.45) is 11.7 Å². The van der Waals surface area contributed by atoms with Crippen molar-refractivity contribution in [1.82, 2.24) is 15.5 Å². The highest BCUT2D eigenvalue weighted by Gasteiger charge is 2.35. The quantitative estimate of drug-likeness (QED) is 0.379. The molecule has 0 spiro atoms. The molecule has 0 saturated carbocycles. The van der Waals surface area contributed by atoms with E-state index < -0.39 is 18.2 Å². The average Bonchev–Trinajstić information content (AvgIpc) is 2.81. The van der Waals surface area contributed by atoms with Gasteiger partial charge in [-0.3, -0.25) is 4.79 Å². The fourth-order valence-electron chi connectivity index (χ4n) is 4.58. The van der Waals surface area contributed by atoms with Gasteiger partial charge in [0.1, 0.15) is 6.04 Å². The van der Waals surface area contributed by atoms with Crippen LogP contribution in [0.25, 0.3) is 0 Å². The highest BCUT2D eigenvalue weighted by atomic mass is 35.5. The zero-order chi connectivity index (χ0) is 24.5. The molecule has 1 aliphatic heterocycles. The molecular formula is C27H39ClN4O3. The number of hydrogen-bond acceptors (Lipinski definition) is 4. The normalized spacial score (nSPS) is 17.1. The summed E-state index contributed by atoms with van der Waals surface area (Å²) in [5.74, 6) is -0.247. The second-order valence-corrected chi connectivity index (χ2v) is 9.52. The second kappa shape index (κ2) is 14.1. The first-order valence-electron chi connectivity index (χ1n) is 12.2. The summed E-state index contributed by atoms with van der Waals surface area (Å²) in [6, 6.07) is 18.2. The maximum Gasteiger partial charge on any atom is 0.318 e. The van der Waals surface area contributed by atoms with Crippen molar-refractivity contribution in [2.45, 2.75) is 63.8 Å². The van der Waals surface area contributed by atoms with Gasteiger partial charge in [0, 0.05) is 25.2 Å². The minimum absolute atomic E-state index is 0. The van der Waals surface area contributed by atoms with Crippen molar-refractivity contribution in [1.29, 1.82) is 0 Å². The first kappa shape index (κ1) is 28.6. The van der Waals surface area contributed by atoms with Gasteiger partial charge < -0.3 is 26.4 Å². The lowest BCUT2D eigenvalue weighted by atomic mass is 9.93. The van der Waals surface area contributed by atoms with Gasteiger partial charge in [0.25, 0.3) is 0 Å². The Hall–Kier alpha value is -2.61. The van der Waals surface area contributed by atoms with E-state index in [-0.39, 0.29) is 36.3 Å². The monoisotopic (exact) mass is 502 g/mol. The topological polar surface area (TPSA) is 108 Å². The minimum Gasteiger partial charge on any atom is -0.391 e. The molecule has 1 aliphatic rings. The summed E-state index contributed by atoms with van der Waals surface area (Å²) >= 11 is 0. The van der Waals surface area contributed by atoms with Crippen molar-refractivity contribution < 1.29 is 14.7 Å². The maximum absolute atomic E-state index is 13.4. The lowest BCUT2D eigenvalue weighted by molar-refractivity contribution is -0.128. The molecule has 0 radical (unpaired) electrons. The molecule has 1 saturated heterocycles. The molecular weight excluding hydrogens is 464 g/mol. The summed E-state index contributed by atoms with van der Waals surface area (Å²) in [4.78, 5) is 27.5. The molecule has 35 heavy (non-hydrogen) atoms. The van der Waals surface area contributed by atoms with Crippen molar-refractivity contribution in [3.8, 4) is 0 Å². The first-order valence-corrected chi connectivity index (χ1v) is 12.2. The van der Waals surface area contributed by atoms with Gasteiger partial charge in [-0.15, -0.1) is 12.4 Å². The predicted octanol–water partition coefficient (Wildman–Crippen LogP) is 2.90. The van der Waals surface area contributed by atoms with Gasteiger partial charge in [-0.2, -0.15) is 0 Å². The average molecular weight is 503 g/mol. The van der Waals surface area contributed by atoms with Gasteiger partial charge in [0.2, 0.25) is 5.91 Å². The number of carbonyl (C=O) groups is 2. The Balaban J connectivity index is 0.00000432. The lowest BCUT2D eigenvalue weighted by Crippen LogP contribution is -2.59. The molecule has 0 unspecified atom stereocenters. The van der Waals surface area contributed by atoms with Crippen LogP contribution in [-0.2, 0) is 17.6 Å². The molecule has 8 heteroatoms. The summed E-state index contributed by atoms with van der Waals surface area (Å²) < 4.78 is 0. The van der Waals surface area contributed by atoms with Crippen LogP contribution in [-0.4, -0.2) is 59.3 Å². The highest BCUT2D eigenvalue weighted by molar-refractivity contribution is 5.87. The molecule has 4 atom stereocenters. The largest absolute Gasteiger partial charge is 0.391 e. The maximum atomic E-state index is 13.4. The van der Waals surface area contributed by atoms with E-state index >= 15 is 0 Å². The molecule has 3 amide bonds. The molecule has 2 aromatic rings. The molecule has 0 bridgehead atoms. The summed E-state index contributed by atoms with van der Waals surface area (Å²) in [5, 5.41) is 16.9. The van der Waals surface area contributed by atoms with Crippen molar-refractivity contribution in [2.75, 3.05) is 13.1 Å². The number of benzene rings is 2. The van der Waals surface area contributed by atoms with Crippen LogP contribution < -0.4 is 16.4 Å². The van der Waals surface area contributed by atoms with Crippen LogP contribution in [0.1, 0.15) is 37.8 Å². The molecule has 1 heterocycles. The van der Waals surface area contributed by atoms with Gasteiger partial charge in [-0.05, 0) is 42.7 Å². The Labute approximate surface area is 214 Å². The highest BCUT2D eigenvalue weighted by Crippen LogP contribution is 2.17. The fourth-order valence-corrected chi connectivity index (χ4v) is 4.58. The zero-order valence-corrected chi connectivity index (χ0v) is 21.4. The summed E-state index contributed by atoms with van der Waals surface area (Å²) in [7, 11) is 0. The van der Waals surface area contributed by atoms with Gasteiger partial charge >= 0.3 is 6.03 Å². The molecule has 7 nitrogen and oxygen atoms in total. The number of rotatable bonds is 11. The van der Waals surface area contributed by atoms with Crippen LogP contribution in [0.2, 0.25) is 0 Å². The van der Waals surface area contributed by atoms with Crippen LogP contribution in [0, 0.1) is 5.92 Å². The SMILES string of the molecule is CC(C)[C@@H](C(=O)N[C@@H](Cc1ccccc1)C[C@H](O)[C@@H](N)Cc1ccccc1)N1CCCNC1=O.Cl. The number of nitrogens with zero attached hydrogens (tertiary/aromatic N) is 1. The van der Waals surface area contributed by atoms with Gasteiger partial charge in [0.15, 0.2) is 0 Å². The zero-order valence-electron chi connectivity index (χ0n) is 20.6. The van der Waals surface area contributed by atoms with Crippen molar-refractivity contribution in [3.05, 3.63) is 71.8 Å². The van der Waals surface area contributed by atoms with E-state index in [2.05, 4.69) is 10.6 Å². The molecule has 0 aliphatic carbocycles. The minimum atomic E-state index is -0.787. The van der Waals surface area contributed by atoms with Crippen molar-refractivity contribution >= 4 is 24.3 Å². The van der Waals surface area contributed by atoms with Crippen LogP contribution in [0.15, 0.2) is 60.7 Å². The van der Waals surface area contributed by atoms with E-state index in [0.29, 0.717) is 32.4 Å². The van der Waals surface area contributed by atoms with Crippen molar-refractivity contribution in [3.63, 3.8) is 0 Å². The van der Waals surface area contributed by atoms with Crippen LogP contribution in [0.5, 0.6) is 0 Å². The van der Waals surface area contributed by atoms with E-state index in [1.54, 1.807) is 4.90 Å². The predicted molar refractivity (Wildman–Crippen MR) is 141 cm³/mol. The van der Waals surface area contributed by atoms with E-state index in [9.17, 15) is 14.7 Å².